The van der Waals surface area contributed by atoms with Crippen molar-refractivity contribution in [1.82, 2.24) is 5.32 Å². The van der Waals surface area contributed by atoms with Gasteiger partial charge in [-0.25, -0.2) is 0 Å². The molecule has 0 spiro atoms. The number of nitrogens with one attached hydrogen (secondary N) is 1. The summed E-state index contributed by atoms with van der Waals surface area (Å²) in [6.07, 6.45) is 0. The molecule has 100 valence electrons. The van der Waals surface area contributed by atoms with E-state index in [0.717, 1.165) is 0 Å². The van der Waals surface area contributed by atoms with Gasteiger partial charge in [0.2, 0.25) is 0 Å². The van der Waals surface area contributed by atoms with Gasteiger partial charge in [-0.2, -0.15) is 0 Å². The minimum atomic E-state index is -0.0383. The summed E-state index contributed by atoms with van der Waals surface area (Å²) in [5.74, 6) is 0.517. The predicted molar refractivity (Wildman–Crippen MR) is 81.1 cm³/mol. The van der Waals surface area contributed by atoms with Crippen LogP contribution in [0.15, 0.2) is 40.2 Å². The fraction of sp³-hybridized carbons (Fsp3) is 0.500. The summed E-state index contributed by atoms with van der Waals surface area (Å²) >= 11 is 1.81. The van der Waals surface area contributed by atoms with Gasteiger partial charge in [0.05, 0.1) is 6.54 Å². The van der Waals surface area contributed by atoms with Crippen molar-refractivity contribution in [3.8, 4) is 0 Å². The molecule has 0 bridgehead atoms. The smallest absolute Gasteiger partial charge is 0.189 e. The molecule has 4 heteroatoms. The van der Waals surface area contributed by atoms with E-state index in [9.17, 15) is 0 Å². The second-order valence-corrected chi connectivity index (χ2v) is 6.85. The van der Waals surface area contributed by atoms with Gasteiger partial charge in [-0.15, -0.1) is 11.8 Å². The van der Waals surface area contributed by atoms with Crippen molar-refractivity contribution in [2.75, 3.05) is 6.54 Å². The first-order valence-corrected chi connectivity index (χ1v) is 7.04. The third-order valence-electron chi connectivity index (χ3n) is 2.10. The van der Waals surface area contributed by atoms with E-state index in [2.05, 4.69) is 50.1 Å². The number of hydrogen-bond acceptors (Lipinski definition) is 2. The fourth-order valence-corrected chi connectivity index (χ4v) is 2.35. The molecule has 3 nitrogen and oxygen atoms in total. The molecular formula is C14H23N3S. The Labute approximate surface area is 114 Å². The average Bonchev–Trinajstić information content (AvgIpc) is 2.25. The molecule has 1 unspecified atom stereocenters. The van der Waals surface area contributed by atoms with Crippen molar-refractivity contribution in [1.29, 1.82) is 0 Å². The molecule has 0 aliphatic rings. The molecule has 1 aromatic rings. The van der Waals surface area contributed by atoms with E-state index in [1.165, 1.54) is 4.90 Å². The van der Waals surface area contributed by atoms with Crippen LogP contribution in [-0.4, -0.2) is 23.3 Å². The molecule has 1 aromatic carbocycles. The van der Waals surface area contributed by atoms with Gasteiger partial charge in [-0.05, 0) is 32.9 Å². The highest BCUT2D eigenvalue weighted by Crippen LogP contribution is 2.22. The molecule has 0 heterocycles. The molecule has 0 radical (unpaired) electrons. The Morgan fingerprint density at radius 1 is 1.33 bits per heavy atom. The molecule has 0 aliphatic carbocycles. The van der Waals surface area contributed by atoms with Crippen LogP contribution < -0.4 is 11.1 Å². The van der Waals surface area contributed by atoms with Crippen LogP contribution in [0.4, 0.5) is 0 Å². The van der Waals surface area contributed by atoms with Gasteiger partial charge in [0.1, 0.15) is 0 Å². The van der Waals surface area contributed by atoms with Crippen LogP contribution in [0.3, 0.4) is 0 Å². The van der Waals surface area contributed by atoms with E-state index in [4.69, 9.17) is 5.73 Å². The maximum absolute atomic E-state index is 5.83. The highest BCUT2D eigenvalue weighted by atomic mass is 32.2. The van der Waals surface area contributed by atoms with Crippen LogP contribution in [0.5, 0.6) is 0 Å². The van der Waals surface area contributed by atoms with Gasteiger partial charge in [0.15, 0.2) is 5.96 Å². The third-order valence-corrected chi connectivity index (χ3v) is 3.20. The highest BCUT2D eigenvalue weighted by molar-refractivity contribution is 8.00. The molecule has 0 aliphatic heterocycles. The number of rotatable bonds is 4. The number of benzene rings is 1. The molecule has 1 atom stereocenters. The first kappa shape index (κ1) is 14.9. The third kappa shape index (κ3) is 6.55. The van der Waals surface area contributed by atoms with Gasteiger partial charge in [0, 0.05) is 15.7 Å². The lowest BCUT2D eigenvalue weighted by Crippen LogP contribution is -2.45. The van der Waals surface area contributed by atoms with Crippen molar-refractivity contribution in [2.45, 2.75) is 43.4 Å². The topological polar surface area (TPSA) is 50.4 Å². The summed E-state index contributed by atoms with van der Waals surface area (Å²) in [5, 5.41) is 3.57. The Bertz CT molecular complexity index is 382. The predicted octanol–water partition coefficient (Wildman–Crippen LogP) is 2.87. The first-order valence-electron chi connectivity index (χ1n) is 6.16. The summed E-state index contributed by atoms with van der Waals surface area (Å²) in [7, 11) is 0. The van der Waals surface area contributed by atoms with E-state index in [0.29, 0.717) is 17.8 Å². The molecule has 0 amide bonds. The Hall–Kier alpha value is -1.16. The Kier molecular flexibility index (Phi) is 5.54. The Morgan fingerprint density at radius 2 is 1.94 bits per heavy atom. The second kappa shape index (κ2) is 6.69. The monoisotopic (exact) mass is 265 g/mol. The van der Waals surface area contributed by atoms with E-state index in [1.807, 2.05) is 30.0 Å². The van der Waals surface area contributed by atoms with Gasteiger partial charge < -0.3 is 11.1 Å². The first-order chi connectivity index (χ1) is 8.37. The number of nitrogens with zero attached hydrogens (tertiary/aromatic N) is 1. The lowest BCUT2D eigenvalue weighted by atomic mass is 10.1. The number of nitrogens with two attached hydrogens (primary N) is 1. The van der Waals surface area contributed by atoms with Gasteiger partial charge in [-0.1, -0.05) is 25.1 Å². The average molecular weight is 265 g/mol. The Balaban J connectivity index is 2.41. The van der Waals surface area contributed by atoms with E-state index >= 15 is 0 Å². The molecule has 3 N–H and O–H groups in total. The number of thioether (sulfide) groups is 1. The van der Waals surface area contributed by atoms with Crippen molar-refractivity contribution >= 4 is 17.7 Å². The van der Waals surface area contributed by atoms with Crippen molar-refractivity contribution < 1.29 is 0 Å². The normalized spacial score (nSPS) is 14.3. The fourth-order valence-electron chi connectivity index (χ4n) is 1.42. The molecule has 1 rings (SSSR count). The van der Waals surface area contributed by atoms with Gasteiger partial charge >= 0.3 is 0 Å². The molecule has 0 saturated heterocycles. The lowest BCUT2D eigenvalue weighted by Gasteiger charge is -2.21. The van der Waals surface area contributed by atoms with E-state index in [1.54, 1.807) is 0 Å². The second-order valence-electron chi connectivity index (χ2n) is 5.34. The zero-order valence-corrected chi connectivity index (χ0v) is 12.4. The zero-order valence-electron chi connectivity index (χ0n) is 11.6. The maximum atomic E-state index is 5.83. The Morgan fingerprint density at radius 3 is 2.50 bits per heavy atom. The van der Waals surface area contributed by atoms with Gasteiger partial charge in [0.25, 0.3) is 0 Å². The number of hydrogen-bond donors (Lipinski definition) is 2. The summed E-state index contributed by atoms with van der Waals surface area (Å²) < 4.78 is 0. The number of guanidine groups is 1. The summed E-state index contributed by atoms with van der Waals surface area (Å²) in [5.41, 5.74) is 5.79. The lowest BCUT2D eigenvalue weighted by molar-refractivity contribution is 0.508. The maximum Gasteiger partial charge on any atom is 0.189 e. The van der Waals surface area contributed by atoms with Crippen molar-refractivity contribution in [3.63, 3.8) is 0 Å². The van der Waals surface area contributed by atoms with Crippen LogP contribution in [0.25, 0.3) is 0 Å². The molecule has 0 fully saturated rings. The van der Waals surface area contributed by atoms with Crippen molar-refractivity contribution in [3.05, 3.63) is 30.3 Å². The molecule has 0 saturated carbocycles. The minimum Gasteiger partial charge on any atom is -0.370 e. The summed E-state index contributed by atoms with van der Waals surface area (Å²) in [4.78, 5) is 5.63. The van der Waals surface area contributed by atoms with Crippen LogP contribution in [0, 0.1) is 0 Å². The number of aliphatic imine (C=N–C) groups is 1. The quantitative estimate of drug-likeness (QED) is 0.500. The largest absolute Gasteiger partial charge is 0.370 e. The zero-order chi connectivity index (χ0) is 13.6. The molecular weight excluding hydrogens is 242 g/mol. The van der Waals surface area contributed by atoms with Crippen LogP contribution in [0.2, 0.25) is 0 Å². The van der Waals surface area contributed by atoms with Crippen LogP contribution >= 0.6 is 11.8 Å². The van der Waals surface area contributed by atoms with E-state index < -0.39 is 0 Å². The highest BCUT2D eigenvalue weighted by Gasteiger charge is 2.10. The van der Waals surface area contributed by atoms with Crippen LogP contribution in [-0.2, 0) is 0 Å². The molecule has 0 aromatic heterocycles. The standard InChI is InChI=1S/C14H23N3S/c1-11(18-12-8-6-5-7-9-12)10-16-13(15)17-14(2,3)4/h5-9,11H,10H2,1-4H3,(H3,15,16,17). The summed E-state index contributed by atoms with van der Waals surface area (Å²) in [6.45, 7) is 9.08. The minimum absolute atomic E-state index is 0.0383. The summed E-state index contributed by atoms with van der Waals surface area (Å²) in [6, 6.07) is 10.4. The SMILES string of the molecule is CC(CN=C(N)NC(C)(C)C)Sc1ccccc1. The van der Waals surface area contributed by atoms with Gasteiger partial charge in [-0.3, -0.25) is 4.99 Å². The van der Waals surface area contributed by atoms with E-state index in [-0.39, 0.29) is 5.54 Å². The molecule has 18 heavy (non-hydrogen) atoms. The van der Waals surface area contributed by atoms with Crippen molar-refractivity contribution in [2.24, 2.45) is 10.7 Å². The van der Waals surface area contributed by atoms with Crippen LogP contribution in [0.1, 0.15) is 27.7 Å².